The van der Waals surface area contributed by atoms with Gasteiger partial charge in [-0.3, -0.25) is 0 Å². The van der Waals surface area contributed by atoms with E-state index in [-0.39, 0.29) is 6.10 Å². The molecule has 0 amide bonds. The van der Waals surface area contributed by atoms with Crippen molar-refractivity contribution in [1.82, 2.24) is 5.32 Å². The zero-order valence-electron chi connectivity index (χ0n) is 9.71. The van der Waals surface area contributed by atoms with Gasteiger partial charge in [0.1, 0.15) is 0 Å². The number of hydrogen-bond acceptors (Lipinski definition) is 3. The van der Waals surface area contributed by atoms with Gasteiger partial charge in [-0.05, 0) is 18.8 Å². The Morgan fingerprint density at radius 2 is 2.33 bits per heavy atom. The molecule has 1 heterocycles. The highest BCUT2D eigenvalue weighted by Gasteiger charge is 2.21. The Morgan fingerprint density at radius 3 is 3.07 bits per heavy atom. The zero-order valence-corrected chi connectivity index (χ0v) is 9.71. The van der Waals surface area contributed by atoms with E-state index < -0.39 is 0 Å². The van der Waals surface area contributed by atoms with Crippen molar-refractivity contribution in [2.45, 2.75) is 44.8 Å². The number of hydrogen-bond donors (Lipinski definition) is 1. The fourth-order valence-corrected chi connectivity index (χ4v) is 2.50. The van der Waals surface area contributed by atoms with Gasteiger partial charge in [-0.1, -0.05) is 19.8 Å². The molecule has 0 bridgehead atoms. The minimum Gasteiger partial charge on any atom is -0.375 e. The monoisotopic (exact) mass is 213 g/mol. The van der Waals surface area contributed by atoms with Crippen molar-refractivity contribution >= 4 is 0 Å². The van der Waals surface area contributed by atoms with E-state index in [9.17, 15) is 0 Å². The Labute approximate surface area is 92.5 Å². The minimum atomic E-state index is 0.274. The van der Waals surface area contributed by atoms with Gasteiger partial charge in [0.15, 0.2) is 0 Å². The molecule has 0 radical (unpaired) electrons. The fourth-order valence-electron chi connectivity index (χ4n) is 2.50. The van der Waals surface area contributed by atoms with Crippen LogP contribution in [0, 0.1) is 5.92 Å². The average molecular weight is 213 g/mol. The molecule has 1 saturated heterocycles. The molecule has 2 rings (SSSR count). The summed E-state index contributed by atoms with van der Waals surface area (Å²) < 4.78 is 11.5. The lowest BCUT2D eigenvalue weighted by atomic mass is 9.89. The van der Waals surface area contributed by atoms with Crippen molar-refractivity contribution in [1.29, 1.82) is 0 Å². The summed E-state index contributed by atoms with van der Waals surface area (Å²) in [7, 11) is 0. The molecule has 0 aromatic heterocycles. The molecule has 3 unspecified atom stereocenters. The maximum atomic E-state index is 5.93. The molecular weight excluding hydrogens is 190 g/mol. The standard InChI is InChI=1S/C12H23NO2/c1-10-3-2-4-11(7-10)15-9-12-8-13-5-6-14-12/h10-13H,2-9H2,1H3. The van der Waals surface area contributed by atoms with Crippen molar-refractivity contribution in [3.05, 3.63) is 0 Å². The third kappa shape index (κ3) is 3.74. The van der Waals surface area contributed by atoms with E-state index in [2.05, 4.69) is 12.2 Å². The van der Waals surface area contributed by atoms with E-state index in [4.69, 9.17) is 9.47 Å². The van der Waals surface area contributed by atoms with E-state index in [0.717, 1.165) is 32.2 Å². The van der Waals surface area contributed by atoms with Gasteiger partial charge in [0, 0.05) is 13.1 Å². The second kappa shape index (κ2) is 5.83. The van der Waals surface area contributed by atoms with Gasteiger partial charge in [-0.25, -0.2) is 0 Å². The van der Waals surface area contributed by atoms with Crippen LogP contribution in [0.15, 0.2) is 0 Å². The first-order valence-electron chi connectivity index (χ1n) is 6.28. The fraction of sp³-hybridized carbons (Fsp3) is 1.00. The minimum absolute atomic E-state index is 0.274. The molecule has 1 aliphatic carbocycles. The summed E-state index contributed by atoms with van der Waals surface area (Å²) in [6.45, 7) is 5.85. The first-order chi connectivity index (χ1) is 7.34. The quantitative estimate of drug-likeness (QED) is 0.772. The van der Waals surface area contributed by atoms with Gasteiger partial charge in [0.05, 0.1) is 25.4 Å². The van der Waals surface area contributed by atoms with E-state index in [1.54, 1.807) is 0 Å². The molecule has 1 N–H and O–H groups in total. The Hall–Kier alpha value is -0.120. The van der Waals surface area contributed by atoms with Crippen LogP contribution in [0.4, 0.5) is 0 Å². The summed E-state index contributed by atoms with van der Waals surface area (Å²) in [4.78, 5) is 0. The molecule has 3 nitrogen and oxygen atoms in total. The molecule has 3 atom stereocenters. The molecule has 2 fully saturated rings. The second-order valence-corrected chi connectivity index (χ2v) is 4.92. The maximum Gasteiger partial charge on any atom is 0.0933 e. The molecule has 1 aliphatic heterocycles. The summed E-state index contributed by atoms with van der Waals surface area (Å²) in [5, 5.41) is 3.33. The lowest BCUT2D eigenvalue weighted by Crippen LogP contribution is -2.42. The Morgan fingerprint density at radius 1 is 1.40 bits per heavy atom. The van der Waals surface area contributed by atoms with Crippen LogP contribution in [0.3, 0.4) is 0 Å². The lowest BCUT2D eigenvalue weighted by Gasteiger charge is -2.30. The molecule has 15 heavy (non-hydrogen) atoms. The molecular formula is C12H23NO2. The van der Waals surface area contributed by atoms with E-state index >= 15 is 0 Å². The highest BCUT2D eigenvalue weighted by Crippen LogP contribution is 2.25. The third-order valence-electron chi connectivity index (χ3n) is 3.41. The number of ether oxygens (including phenoxy) is 2. The van der Waals surface area contributed by atoms with Gasteiger partial charge in [-0.2, -0.15) is 0 Å². The van der Waals surface area contributed by atoms with E-state index in [0.29, 0.717) is 6.10 Å². The topological polar surface area (TPSA) is 30.5 Å². The van der Waals surface area contributed by atoms with Crippen LogP contribution in [0.25, 0.3) is 0 Å². The highest BCUT2D eigenvalue weighted by atomic mass is 16.5. The summed E-state index contributed by atoms with van der Waals surface area (Å²) in [5.41, 5.74) is 0. The molecule has 3 heteroatoms. The van der Waals surface area contributed by atoms with Crippen LogP contribution in [0.2, 0.25) is 0 Å². The van der Waals surface area contributed by atoms with Gasteiger partial charge in [-0.15, -0.1) is 0 Å². The van der Waals surface area contributed by atoms with Gasteiger partial charge in [0.2, 0.25) is 0 Å². The van der Waals surface area contributed by atoms with Crippen LogP contribution in [0.5, 0.6) is 0 Å². The van der Waals surface area contributed by atoms with Crippen LogP contribution in [0.1, 0.15) is 32.6 Å². The molecule has 88 valence electrons. The summed E-state index contributed by atoms with van der Waals surface area (Å²) in [6.07, 6.45) is 5.94. The summed E-state index contributed by atoms with van der Waals surface area (Å²) in [6, 6.07) is 0. The van der Waals surface area contributed by atoms with Gasteiger partial charge >= 0.3 is 0 Å². The van der Waals surface area contributed by atoms with E-state index in [1.165, 1.54) is 25.7 Å². The second-order valence-electron chi connectivity index (χ2n) is 4.92. The smallest absolute Gasteiger partial charge is 0.0933 e. The lowest BCUT2D eigenvalue weighted by molar-refractivity contribution is -0.0672. The normalized spacial score (nSPS) is 37.8. The number of morpholine rings is 1. The molecule has 1 saturated carbocycles. The van der Waals surface area contributed by atoms with Crippen molar-refractivity contribution in [2.24, 2.45) is 5.92 Å². The van der Waals surface area contributed by atoms with Gasteiger partial charge in [0.25, 0.3) is 0 Å². The predicted octanol–water partition coefficient (Wildman–Crippen LogP) is 1.57. The van der Waals surface area contributed by atoms with Gasteiger partial charge < -0.3 is 14.8 Å². The predicted molar refractivity (Wildman–Crippen MR) is 60.0 cm³/mol. The summed E-state index contributed by atoms with van der Waals surface area (Å²) in [5.74, 6) is 0.842. The molecule has 0 spiro atoms. The van der Waals surface area contributed by atoms with Crippen molar-refractivity contribution in [2.75, 3.05) is 26.3 Å². The maximum absolute atomic E-state index is 5.93. The summed E-state index contributed by atoms with van der Waals surface area (Å²) >= 11 is 0. The largest absolute Gasteiger partial charge is 0.375 e. The van der Waals surface area contributed by atoms with Crippen molar-refractivity contribution in [3.8, 4) is 0 Å². The Bertz CT molecular complexity index is 180. The first kappa shape index (κ1) is 11.4. The Kier molecular flexibility index (Phi) is 4.42. The third-order valence-corrected chi connectivity index (χ3v) is 3.41. The van der Waals surface area contributed by atoms with Crippen LogP contribution >= 0.6 is 0 Å². The van der Waals surface area contributed by atoms with Crippen LogP contribution in [-0.2, 0) is 9.47 Å². The SMILES string of the molecule is CC1CCCC(OCC2CNCCO2)C1. The van der Waals surface area contributed by atoms with Crippen LogP contribution in [-0.4, -0.2) is 38.5 Å². The molecule has 0 aromatic rings. The van der Waals surface area contributed by atoms with Crippen molar-refractivity contribution in [3.63, 3.8) is 0 Å². The van der Waals surface area contributed by atoms with Crippen LogP contribution < -0.4 is 5.32 Å². The van der Waals surface area contributed by atoms with E-state index in [1.807, 2.05) is 0 Å². The highest BCUT2D eigenvalue weighted by molar-refractivity contribution is 4.72. The Balaban J connectivity index is 1.63. The molecule has 0 aromatic carbocycles. The molecule has 2 aliphatic rings. The first-order valence-corrected chi connectivity index (χ1v) is 6.28. The average Bonchev–Trinajstić information content (AvgIpc) is 2.28. The van der Waals surface area contributed by atoms with Crippen molar-refractivity contribution < 1.29 is 9.47 Å². The zero-order chi connectivity index (χ0) is 10.5. The number of nitrogens with one attached hydrogen (secondary N) is 1. The number of rotatable bonds is 3.